The molecule has 1 aromatic heterocycles. The summed E-state index contributed by atoms with van der Waals surface area (Å²) in [5, 5.41) is 9.27. The fraction of sp³-hybridized carbons (Fsp3) is 0.0588. The van der Waals surface area contributed by atoms with Gasteiger partial charge in [-0.1, -0.05) is 46.3 Å². The van der Waals surface area contributed by atoms with Crippen LogP contribution in [-0.4, -0.2) is 18.2 Å². The molecule has 0 saturated heterocycles. The molecule has 0 radical (unpaired) electrons. The average Bonchev–Trinajstić information content (AvgIpc) is 3.02. The summed E-state index contributed by atoms with van der Waals surface area (Å²) < 4.78 is 1.05. The highest BCUT2D eigenvalue weighted by Gasteiger charge is 2.04. The Morgan fingerprint density at radius 1 is 1.14 bits per heavy atom. The van der Waals surface area contributed by atoms with Crippen molar-refractivity contribution in [3.8, 4) is 10.6 Å². The molecule has 5 heteroatoms. The van der Waals surface area contributed by atoms with Crippen molar-refractivity contribution in [2.75, 3.05) is 12.1 Å². The maximum absolute atomic E-state index is 4.61. The molecule has 1 heterocycles. The molecule has 0 fully saturated rings. The van der Waals surface area contributed by atoms with Crippen molar-refractivity contribution in [2.24, 2.45) is 5.10 Å². The van der Waals surface area contributed by atoms with Gasteiger partial charge in [0.1, 0.15) is 5.01 Å². The first-order chi connectivity index (χ1) is 10.7. The lowest BCUT2D eigenvalue weighted by molar-refractivity contribution is 1.02. The van der Waals surface area contributed by atoms with Gasteiger partial charge in [-0.15, -0.1) is 11.3 Å². The summed E-state index contributed by atoms with van der Waals surface area (Å²) in [6, 6.07) is 18.2. The number of anilines is 1. The van der Waals surface area contributed by atoms with Gasteiger partial charge in [-0.2, -0.15) is 5.10 Å². The second-order valence-electron chi connectivity index (χ2n) is 4.69. The molecule has 0 bridgehead atoms. The molecule has 0 unspecified atom stereocenters. The predicted octanol–water partition coefficient (Wildman–Crippen LogP) is 5.04. The fourth-order valence-electron chi connectivity index (χ4n) is 1.96. The molecule has 0 N–H and O–H groups in total. The van der Waals surface area contributed by atoms with Gasteiger partial charge in [0.25, 0.3) is 0 Å². The Balaban J connectivity index is 1.76. The molecule has 0 aliphatic heterocycles. The lowest BCUT2D eigenvalue weighted by Crippen LogP contribution is -2.08. The van der Waals surface area contributed by atoms with Crippen LogP contribution in [-0.2, 0) is 0 Å². The van der Waals surface area contributed by atoms with E-state index >= 15 is 0 Å². The molecular formula is C17H14BrN3S. The van der Waals surface area contributed by atoms with Crippen LogP contribution in [0.4, 0.5) is 5.69 Å². The number of hydrogen-bond donors (Lipinski definition) is 0. The summed E-state index contributed by atoms with van der Waals surface area (Å²) in [7, 11) is 1.92. The van der Waals surface area contributed by atoms with Crippen molar-refractivity contribution in [1.82, 2.24) is 4.98 Å². The zero-order chi connectivity index (χ0) is 15.4. The van der Waals surface area contributed by atoms with E-state index < -0.39 is 0 Å². The first-order valence-electron chi connectivity index (χ1n) is 6.76. The molecule has 3 aromatic rings. The summed E-state index contributed by atoms with van der Waals surface area (Å²) >= 11 is 5.10. The minimum atomic E-state index is 0.864. The molecule has 3 rings (SSSR count). The molecule has 22 heavy (non-hydrogen) atoms. The van der Waals surface area contributed by atoms with Gasteiger partial charge in [-0.3, -0.25) is 5.01 Å². The molecule has 0 atom stereocenters. The van der Waals surface area contributed by atoms with Crippen molar-refractivity contribution in [1.29, 1.82) is 0 Å². The first kappa shape index (κ1) is 14.9. The van der Waals surface area contributed by atoms with Crippen molar-refractivity contribution < 1.29 is 0 Å². The van der Waals surface area contributed by atoms with E-state index in [0.717, 1.165) is 26.4 Å². The second-order valence-corrected chi connectivity index (χ2v) is 6.47. The van der Waals surface area contributed by atoms with Gasteiger partial charge in [0.05, 0.1) is 17.6 Å². The number of hydrazone groups is 1. The Bertz CT molecular complexity index is 783. The quantitative estimate of drug-likeness (QED) is 0.474. The fourth-order valence-corrected chi connectivity index (χ4v) is 3.12. The van der Waals surface area contributed by atoms with Gasteiger partial charge < -0.3 is 0 Å². The number of hydrogen-bond acceptors (Lipinski definition) is 4. The number of para-hydroxylation sites is 1. The summed E-state index contributed by atoms with van der Waals surface area (Å²) in [6.07, 6.45) is 1.78. The number of rotatable bonds is 4. The van der Waals surface area contributed by atoms with E-state index in [4.69, 9.17) is 0 Å². The Kier molecular flexibility index (Phi) is 4.65. The summed E-state index contributed by atoms with van der Waals surface area (Å²) in [5.74, 6) is 0. The average molecular weight is 372 g/mol. The number of thiazole rings is 1. The van der Waals surface area contributed by atoms with Crippen LogP contribution in [0.25, 0.3) is 10.6 Å². The normalized spacial score (nSPS) is 11.0. The second kappa shape index (κ2) is 6.85. The number of benzene rings is 2. The van der Waals surface area contributed by atoms with E-state index in [1.165, 1.54) is 0 Å². The van der Waals surface area contributed by atoms with Crippen LogP contribution < -0.4 is 5.01 Å². The predicted molar refractivity (Wildman–Crippen MR) is 97.7 cm³/mol. The Morgan fingerprint density at radius 2 is 1.95 bits per heavy atom. The molecule has 2 aromatic carbocycles. The smallest absolute Gasteiger partial charge is 0.124 e. The van der Waals surface area contributed by atoms with Gasteiger partial charge in [-0.05, 0) is 24.3 Å². The SMILES string of the molecule is CN(/N=C\c1csc(-c2cccc(Br)c2)n1)c1ccccc1. The van der Waals surface area contributed by atoms with E-state index in [0.29, 0.717) is 0 Å². The topological polar surface area (TPSA) is 28.5 Å². The van der Waals surface area contributed by atoms with Crippen molar-refractivity contribution in [2.45, 2.75) is 0 Å². The molecule has 0 saturated carbocycles. The first-order valence-corrected chi connectivity index (χ1v) is 8.44. The molecule has 3 nitrogen and oxygen atoms in total. The maximum atomic E-state index is 4.61. The maximum Gasteiger partial charge on any atom is 0.124 e. The van der Waals surface area contributed by atoms with Crippen LogP contribution in [0, 0.1) is 0 Å². The Labute approximate surface area is 142 Å². The third-order valence-corrected chi connectivity index (χ3v) is 4.49. The van der Waals surface area contributed by atoms with Gasteiger partial charge in [0.15, 0.2) is 0 Å². The molecule has 0 aliphatic carbocycles. The standard InChI is InChI=1S/C17H14BrN3S/c1-21(16-8-3-2-4-9-16)19-11-15-12-22-17(20-15)13-6-5-7-14(18)10-13/h2-12H,1H3/b19-11-. The van der Waals surface area contributed by atoms with Crippen LogP contribution in [0.15, 0.2) is 69.6 Å². The van der Waals surface area contributed by atoms with Crippen LogP contribution in [0.2, 0.25) is 0 Å². The Morgan fingerprint density at radius 3 is 2.73 bits per heavy atom. The van der Waals surface area contributed by atoms with Crippen LogP contribution in [0.1, 0.15) is 5.69 Å². The van der Waals surface area contributed by atoms with Gasteiger partial charge in [0.2, 0.25) is 0 Å². The van der Waals surface area contributed by atoms with Crippen molar-refractivity contribution in [3.05, 3.63) is 70.1 Å². The van der Waals surface area contributed by atoms with Gasteiger partial charge >= 0.3 is 0 Å². The third kappa shape index (κ3) is 3.61. The van der Waals surface area contributed by atoms with E-state index in [1.807, 2.05) is 59.9 Å². The summed E-state index contributed by atoms with van der Waals surface area (Å²) in [4.78, 5) is 4.61. The minimum Gasteiger partial charge on any atom is -0.269 e. The lowest BCUT2D eigenvalue weighted by Gasteiger charge is -2.11. The molecule has 0 spiro atoms. The number of aromatic nitrogens is 1. The van der Waals surface area contributed by atoms with Crippen molar-refractivity contribution in [3.63, 3.8) is 0 Å². The lowest BCUT2D eigenvalue weighted by atomic mass is 10.2. The highest BCUT2D eigenvalue weighted by molar-refractivity contribution is 9.10. The van der Waals surface area contributed by atoms with Gasteiger partial charge in [0, 0.05) is 22.5 Å². The van der Waals surface area contributed by atoms with Crippen LogP contribution >= 0.6 is 27.3 Å². The number of halogens is 1. The van der Waals surface area contributed by atoms with Crippen LogP contribution in [0.3, 0.4) is 0 Å². The van der Waals surface area contributed by atoms with Gasteiger partial charge in [-0.25, -0.2) is 4.98 Å². The molecular weight excluding hydrogens is 358 g/mol. The number of nitrogens with zero attached hydrogens (tertiary/aromatic N) is 3. The largest absolute Gasteiger partial charge is 0.269 e. The van der Waals surface area contributed by atoms with E-state index in [1.54, 1.807) is 17.6 Å². The summed E-state index contributed by atoms with van der Waals surface area (Å²) in [6.45, 7) is 0. The monoisotopic (exact) mass is 371 g/mol. The zero-order valence-electron chi connectivity index (χ0n) is 12.0. The highest BCUT2D eigenvalue weighted by Crippen LogP contribution is 2.25. The van der Waals surface area contributed by atoms with E-state index in [-0.39, 0.29) is 0 Å². The minimum absolute atomic E-state index is 0.864. The molecule has 0 aliphatic rings. The van der Waals surface area contributed by atoms with E-state index in [2.05, 4.69) is 38.1 Å². The molecule has 110 valence electrons. The Hall–Kier alpha value is -1.98. The zero-order valence-corrected chi connectivity index (χ0v) is 14.4. The third-order valence-electron chi connectivity index (χ3n) is 3.09. The van der Waals surface area contributed by atoms with E-state index in [9.17, 15) is 0 Å². The molecule has 0 amide bonds. The highest BCUT2D eigenvalue weighted by atomic mass is 79.9. The van der Waals surface area contributed by atoms with Crippen molar-refractivity contribution >= 4 is 39.2 Å². The van der Waals surface area contributed by atoms with Crippen LogP contribution in [0.5, 0.6) is 0 Å². The summed E-state index contributed by atoms with van der Waals surface area (Å²) in [5.41, 5.74) is 3.01.